The maximum Gasteiger partial charge on any atom is 0.338 e. The molecule has 0 spiro atoms. The monoisotopic (exact) mass is 262 g/mol. The molecule has 0 aliphatic heterocycles. The van der Waals surface area contributed by atoms with Gasteiger partial charge in [0.2, 0.25) is 0 Å². The first kappa shape index (κ1) is 13.3. The summed E-state index contributed by atoms with van der Waals surface area (Å²) in [5.74, 6) is -1.97. The lowest BCUT2D eigenvalue weighted by Crippen LogP contribution is -2.04. The minimum atomic E-state index is -1.25. The van der Waals surface area contributed by atoms with E-state index in [2.05, 4.69) is 5.10 Å². The minimum absolute atomic E-state index is 0.220. The highest BCUT2D eigenvalue weighted by atomic mass is 19.1. The molecule has 5 heteroatoms. The fourth-order valence-corrected chi connectivity index (χ4v) is 1.95. The van der Waals surface area contributed by atoms with Crippen LogP contribution in [-0.4, -0.2) is 20.9 Å². The topological polar surface area (TPSA) is 55.1 Å². The molecule has 4 nitrogen and oxygen atoms in total. The molecule has 0 aliphatic rings. The molecule has 0 fully saturated rings. The van der Waals surface area contributed by atoms with Gasteiger partial charge in [-0.15, -0.1) is 0 Å². The molecule has 1 aromatic heterocycles. The van der Waals surface area contributed by atoms with E-state index in [1.807, 2.05) is 20.0 Å². The minimum Gasteiger partial charge on any atom is -0.478 e. The summed E-state index contributed by atoms with van der Waals surface area (Å²) in [6.45, 7) is 5.58. The van der Waals surface area contributed by atoms with Gasteiger partial charge in [0, 0.05) is 17.8 Å². The number of aryl methyl sites for hydroxylation is 1. The second-order valence-electron chi connectivity index (χ2n) is 4.76. The van der Waals surface area contributed by atoms with Crippen molar-refractivity contribution in [2.75, 3.05) is 0 Å². The summed E-state index contributed by atoms with van der Waals surface area (Å²) in [6, 6.07) is 3.12. The molecule has 1 aromatic carbocycles. The standard InChI is InChI=1S/C14H15FN2O2/c1-8(2)17-7-11(6-16-17)10-4-9(3)13(14(18)19)12(15)5-10/h4-8H,1-3H3,(H,18,19). The predicted octanol–water partition coefficient (Wildman–Crippen LogP) is 3.28. The summed E-state index contributed by atoms with van der Waals surface area (Å²) in [4.78, 5) is 10.9. The molecule has 19 heavy (non-hydrogen) atoms. The zero-order valence-corrected chi connectivity index (χ0v) is 11.0. The van der Waals surface area contributed by atoms with Crippen LogP contribution >= 0.6 is 0 Å². The third-order valence-corrected chi connectivity index (χ3v) is 2.97. The van der Waals surface area contributed by atoms with Crippen LogP contribution in [0.4, 0.5) is 4.39 Å². The number of hydrogen-bond donors (Lipinski definition) is 1. The van der Waals surface area contributed by atoms with Gasteiger partial charge in [0.1, 0.15) is 5.82 Å². The first-order valence-corrected chi connectivity index (χ1v) is 5.98. The van der Waals surface area contributed by atoms with Gasteiger partial charge in [-0.05, 0) is 38.0 Å². The van der Waals surface area contributed by atoms with Crippen molar-refractivity contribution in [1.29, 1.82) is 0 Å². The van der Waals surface area contributed by atoms with Crippen LogP contribution in [0, 0.1) is 12.7 Å². The van der Waals surface area contributed by atoms with Crippen molar-refractivity contribution < 1.29 is 14.3 Å². The largest absolute Gasteiger partial charge is 0.478 e. The summed E-state index contributed by atoms with van der Waals surface area (Å²) >= 11 is 0. The Bertz CT molecular complexity index is 609. The van der Waals surface area contributed by atoms with Crippen LogP contribution in [0.2, 0.25) is 0 Å². The van der Waals surface area contributed by atoms with E-state index in [1.54, 1.807) is 23.9 Å². The Labute approximate surface area is 110 Å². The fraction of sp³-hybridized carbons (Fsp3) is 0.286. The van der Waals surface area contributed by atoms with Gasteiger partial charge < -0.3 is 5.11 Å². The van der Waals surface area contributed by atoms with E-state index >= 15 is 0 Å². The Morgan fingerprint density at radius 1 is 1.37 bits per heavy atom. The van der Waals surface area contributed by atoms with Gasteiger partial charge in [0.25, 0.3) is 0 Å². The van der Waals surface area contributed by atoms with Crippen molar-refractivity contribution in [3.05, 3.63) is 41.5 Å². The van der Waals surface area contributed by atoms with Crippen molar-refractivity contribution in [2.45, 2.75) is 26.8 Å². The number of halogens is 1. The molecule has 2 aromatic rings. The summed E-state index contributed by atoms with van der Waals surface area (Å²) in [5, 5.41) is 13.1. The Kier molecular flexibility index (Phi) is 3.38. The quantitative estimate of drug-likeness (QED) is 0.923. The Balaban J connectivity index is 2.49. The molecule has 0 aliphatic carbocycles. The van der Waals surface area contributed by atoms with Crippen LogP contribution in [0.5, 0.6) is 0 Å². The highest BCUT2D eigenvalue weighted by Gasteiger charge is 2.16. The van der Waals surface area contributed by atoms with E-state index in [4.69, 9.17) is 5.11 Å². The second-order valence-corrected chi connectivity index (χ2v) is 4.76. The molecule has 2 rings (SSSR count). The number of carboxylic acid groups (broad SMARTS) is 1. The lowest BCUT2D eigenvalue weighted by atomic mass is 10.0. The number of nitrogens with zero attached hydrogens (tertiary/aromatic N) is 2. The molecule has 0 radical (unpaired) electrons. The highest BCUT2D eigenvalue weighted by Crippen LogP contribution is 2.25. The van der Waals surface area contributed by atoms with Gasteiger partial charge in [-0.3, -0.25) is 4.68 Å². The van der Waals surface area contributed by atoms with E-state index in [1.165, 1.54) is 6.07 Å². The number of hydrogen-bond acceptors (Lipinski definition) is 2. The number of rotatable bonds is 3. The van der Waals surface area contributed by atoms with E-state index in [0.29, 0.717) is 11.1 Å². The molecule has 1 heterocycles. The van der Waals surface area contributed by atoms with Gasteiger partial charge in [-0.2, -0.15) is 5.10 Å². The molecule has 0 amide bonds. The molecule has 0 saturated heterocycles. The van der Waals surface area contributed by atoms with Crippen molar-refractivity contribution in [2.24, 2.45) is 0 Å². The zero-order chi connectivity index (χ0) is 14.2. The lowest BCUT2D eigenvalue weighted by molar-refractivity contribution is 0.0691. The van der Waals surface area contributed by atoms with Gasteiger partial charge in [0.15, 0.2) is 0 Å². The van der Waals surface area contributed by atoms with Crippen molar-refractivity contribution in [3.8, 4) is 11.1 Å². The van der Waals surface area contributed by atoms with Crippen LogP contribution in [0.1, 0.15) is 35.8 Å². The van der Waals surface area contributed by atoms with Gasteiger partial charge in [0.05, 0.1) is 11.8 Å². The third kappa shape index (κ3) is 2.50. The third-order valence-electron chi connectivity index (χ3n) is 2.97. The van der Waals surface area contributed by atoms with Gasteiger partial charge >= 0.3 is 5.97 Å². The Morgan fingerprint density at radius 2 is 2.05 bits per heavy atom. The molecular weight excluding hydrogens is 247 g/mol. The van der Waals surface area contributed by atoms with Crippen LogP contribution in [-0.2, 0) is 0 Å². The van der Waals surface area contributed by atoms with Crippen molar-refractivity contribution in [1.82, 2.24) is 9.78 Å². The Morgan fingerprint density at radius 3 is 2.53 bits per heavy atom. The van der Waals surface area contributed by atoms with Crippen molar-refractivity contribution in [3.63, 3.8) is 0 Å². The summed E-state index contributed by atoms with van der Waals surface area (Å²) in [6.07, 6.45) is 3.47. The van der Waals surface area contributed by atoms with E-state index in [9.17, 15) is 9.18 Å². The number of carbonyl (C=O) groups is 1. The smallest absolute Gasteiger partial charge is 0.338 e. The lowest BCUT2D eigenvalue weighted by Gasteiger charge is -2.06. The molecule has 100 valence electrons. The van der Waals surface area contributed by atoms with E-state index < -0.39 is 11.8 Å². The predicted molar refractivity (Wildman–Crippen MR) is 69.7 cm³/mol. The summed E-state index contributed by atoms with van der Waals surface area (Å²) in [7, 11) is 0. The normalized spacial score (nSPS) is 11.0. The molecule has 0 saturated carbocycles. The van der Waals surface area contributed by atoms with E-state index in [-0.39, 0.29) is 11.6 Å². The molecule has 1 N–H and O–H groups in total. The van der Waals surface area contributed by atoms with Crippen LogP contribution in [0.25, 0.3) is 11.1 Å². The second kappa shape index (κ2) is 4.84. The number of carboxylic acids is 1. The first-order valence-electron chi connectivity index (χ1n) is 5.98. The molecule has 0 atom stereocenters. The maximum absolute atomic E-state index is 13.8. The van der Waals surface area contributed by atoms with Gasteiger partial charge in [-0.25, -0.2) is 9.18 Å². The zero-order valence-electron chi connectivity index (χ0n) is 11.0. The van der Waals surface area contributed by atoms with Crippen LogP contribution in [0.3, 0.4) is 0 Å². The van der Waals surface area contributed by atoms with Crippen molar-refractivity contribution >= 4 is 5.97 Å². The first-order chi connectivity index (χ1) is 8.90. The van der Waals surface area contributed by atoms with Crippen LogP contribution < -0.4 is 0 Å². The fourth-order valence-electron chi connectivity index (χ4n) is 1.95. The average Bonchev–Trinajstić information content (AvgIpc) is 2.76. The summed E-state index contributed by atoms with van der Waals surface area (Å²) in [5.41, 5.74) is 1.53. The molecule has 0 bridgehead atoms. The van der Waals surface area contributed by atoms with Crippen LogP contribution in [0.15, 0.2) is 24.5 Å². The molecular formula is C14H15FN2O2. The Hall–Kier alpha value is -2.17. The number of aromatic carboxylic acids is 1. The van der Waals surface area contributed by atoms with Gasteiger partial charge in [-0.1, -0.05) is 6.07 Å². The number of benzene rings is 1. The highest BCUT2D eigenvalue weighted by molar-refractivity contribution is 5.90. The average molecular weight is 262 g/mol. The SMILES string of the molecule is Cc1cc(-c2cnn(C(C)C)c2)cc(F)c1C(=O)O. The van der Waals surface area contributed by atoms with E-state index in [0.717, 1.165) is 5.56 Å². The molecule has 0 unspecified atom stereocenters. The summed E-state index contributed by atoms with van der Waals surface area (Å²) < 4.78 is 15.6. The number of aromatic nitrogens is 2. The maximum atomic E-state index is 13.8.